The molecule has 2 heterocycles. The topological polar surface area (TPSA) is 38.1 Å². The molecule has 1 amide bonds. The predicted octanol–water partition coefficient (Wildman–Crippen LogP) is 0.622. The largest absolute Gasteiger partial charge is 0.295 e. The molecule has 1 aromatic rings. The van der Waals surface area contributed by atoms with Crippen molar-refractivity contribution in [3.05, 3.63) is 10.8 Å². The van der Waals surface area contributed by atoms with Crippen LogP contribution in [0.4, 0.5) is 5.95 Å². The predicted molar refractivity (Wildman–Crippen MR) is 43.3 cm³/mol. The van der Waals surface area contributed by atoms with Crippen LogP contribution in [0.1, 0.15) is 0 Å². The number of imidazole rings is 1. The van der Waals surface area contributed by atoms with Crippen molar-refractivity contribution in [3.63, 3.8) is 0 Å². The average molecular weight is 216 g/mol. The van der Waals surface area contributed by atoms with Crippen LogP contribution in [0.25, 0.3) is 0 Å². The number of hydrogen-bond donors (Lipinski definition) is 0. The highest BCUT2D eigenvalue weighted by molar-refractivity contribution is 9.10. The third-order valence-corrected chi connectivity index (χ3v) is 2.39. The molecule has 0 unspecified atom stereocenters. The molecule has 0 N–H and O–H groups in total. The van der Waals surface area contributed by atoms with Crippen molar-refractivity contribution in [2.24, 2.45) is 0 Å². The highest BCUT2D eigenvalue weighted by Crippen LogP contribution is 2.24. The van der Waals surface area contributed by atoms with Gasteiger partial charge in [-0.3, -0.25) is 14.3 Å². The molecule has 0 fully saturated rings. The fourth-order valence-corrected chi connectivity index (χ4v) is 1.50. The zero-order valence-electron chi connectivity index (χ0n) is 5.91. The van der Waals surface area contributed by atoms with E-state index in [4.69, 9.17) is 0 Å². The van der Waals surface area contributed by atoms with Crippen LogP contribution in [0, 0.1) is 0 Å². The number of hydrogen-bond acceptors (Lipinski definition) is 2. The molecule has 0 bridgehead atoms. The molecular weight excluding hydrogens is 210 g/mol. The molecule has 1 aromatic heterocycles. The van der Waals surface area contributed by atoms with Crippen molar-refractivity contribution in [3.8, 4) is 0 Å². The van der Waals surface area contributed by atoms with E-state index in [0.717, 1.165) is 4.60 Å². The van der Waals surface area contributed by atoms with E-state index in [-0.39, 0.29) is 5.91 Å². The number of carbonyl (C=O) groups is 1. The number of aromatic nitrogens is 2. The molecule has 0 saturated carbocycles. The molecule has 0 atom stereocenters. The van der Waals surface area contributed by atoms with Gasteiger partial charge >= 0.3 is 0 Å². The Kier molecular flexibility index (Phi) is 1.29. The summed E-state index contributed by atoms with van der Waals surface area (Å²) >= 11 is 3.29. The first-order valence-corrected chi connectivity index (χ1v) is 3.97. The fourth-order valence-electron chi connectivity index (χ4n) is 1.11. The van der Waals surface area contributed by atoms with Crippen molar-refractivity contribution < 1.29 is 4.79 Å². The standard InChI is InChI=1S/C6H6BrN3O/c1-9-5(11)3-10-4(7)2-8-6(9)10/h2H,3H2,1H3. The molecule has 11 heavy (non-hydrogen) atoms. The van der Waals surface area contributed by atoms with Crippen molar-refractivity contribution in [1.29, 1.82) is 0 Å². The van der Waals surface area contributed by atoms with Gasteiger partial charge in [-0.05, 0) is 15.9 Å². The lowest BCUT2D eigenvalue weighted by molar-refractivity contribution is -0.117. The van der Waals surface area contributed by atoms with Gasteiger partial charge in [0.15, 0.2) is 0 Å². The minimum atomic E-state index is 0.0776. The Labute approximate surface area is 71.9 Å². The summed E-state index contributed by atoms with van der Waals surface area (Å²) in [6, 6.07) is 0. The van der Waals surface area contributed by atoms with Gasteiger partial charge in [0.2, 0.25) is 11.9 Å². The van der Waals surface area contributed by atoms with Gasteiger partial charge in [0, 0.05) is 7.05 Å². The Morgan fingerprint density at radius 3 is 3.09 bits per heavy atom. The second-order valence-electron chi connectivity index (χ2n) is 2.42. The van der Waals surface area contributed by atoms with E-state index >= 15 is 0 Å². The van der Waals surface area contributed by atoms with E-state index in [1.165, 1.54) is 0 Å². The van der Waals surface area contributed by atoms with Gasteiger partial charge in [-0.2, -0.15) is 0 Å². The quantitative estimate of drug-likeness (QED) is 0.637. The molecule has 5 heteroatoms. The summed E-state index contributed by atoms with van der Waals surface area (Å²) in [5.41, 5.74) is 0. The molecule has 0 saturated heterocycles. The maximum absolute atomic E-state index is 11.1. The fraction of sp³-hybridized carbons (Fsp3) is 0.333. The van der Waals surface area contributed by atoms with Crippen LogP contribution in [-0.2, 0) is 11.3 Å². The number of amides is 1. The first-order valence-electron chi connectivity index (χ1n) is 3.18. The van der Waals surface area contributed by atoms with Gasteiger partial charge in [0.05, 0.1) is 6.20 Å². The molecule has 4 nitrogen and oxygen atoms in total. The molecule has 0 spiro atoms. The van der Waals surface area contributed by atoms with Crippen molar-refractivity contribution in [2.75, 3.05) is 11.9 Å². The van der Waals surface area contributed by atoms with Crippen LogP contribution in [-0.4, -0.2) is 22.5 Å². The molecule has 0 aliphatic carbocycles. The highest BCUT2D eigenvalue weighted by Gasteiger charge is 2.26. The van der Waals surface area contributed by atoms with E-state index < -0.39 is 0 Å². The lowest BCUT2D eigenvalue weighted by atomic mass is 10.6. The third-order valence-electron chi connectivity index (χ3n) is 1.75. The number of anilines is 1. The Morgan fingerprint density at radius 2 is 2.45 bits per heavy atom. The number of nitrogens with zero attached hydrogens (tertiary/aromatic N) is 3. The van der Waals surface area contributed by atoms with Gasteiger partial charge < -0.3 is 0 Å². The third kappa shape index (κ3) is 0.805. The second kappa shape index (κ2) is 2.07. The van der Waals surface area contributed by atoms with Gasteiger partial charge in [-0.15, -0.1) is 0 Å². The summed E-state index contributed by atoms with van der Waals surface area (Å²) in [7, 11) is 1.72. The lowest BCUT2D eigenvalue weighted by Gasteiger charge is -2.02. The van der Waals surface area contributed by atoms with Crippen LogP contribution in [0.2, 0.25) is 0 Å². The summed E-state index contributed by atoms with van der Waals surface area (Å²) < 4.78 is 2.67. The SMILES string of the molecule is CN1C(=O)Cn2c(Br)cnc21. The average Bonchev–Trinajstić information content (AvgIpc) is 2.43. The Morgan fingerprint density at radius 1 is 1.73 bits per heavy atom. The van der Waals surface area contributed by atoms with E-state index in [9.17, 15) is 4.79 Å². The molecule has 0 aromatic carbocycles. The lowest BCUT2D eigenvalue weighted by Crippen LogP contribution is -2.21. The molecule has 58 valence electrons. The Hall–Kier alpha value is -0.840. The zero-order chi connectivity index (χ0) is 8.01. The molecule has 0 radical (unpaired) electrons. The number of rotatable bonds is 0. The molecule has 1 aliphatic heterocycles. The number of likely N-dealkylation sites (N-methyl/N-ethyl adjacent to an activating group) is 1. The van der Waals surface area contributed by atoms with E-state index in [2.05, 4.69) is 20.9 Å². The van der Waals surface area contributed by atoms with Gasteiger partial charge in [0.1, 0.15) is 11.1 Å². The zero-order valence-corrected chi connectivity index (χ0v) is 7.50. The smallest absolute Gasteiger partial charge is 0.249 e. The summed E-state index contributed by atoms with van der Waals surface area (Å²) in [4.78, 5) is 16.7. The minimum absolute atomic E-state index is 0.0776. The molecular formula is C6H6BrN3O. The second-order valence-corrected chi connectivity index (χ2v) is 3.23. The number of fused-ring (bicyclic) bond motifs is 1. The minimum Gasteiger partial charge on any atom is -0.295 e. The Balaban J connectivity index is 2.56. The van der Waals surface area contributed by atoms with Crippen molar-refractivity contribution >= 4 is 27.8 Å². The normalized spacial score (nSPS) is 15.8. The first-order chi connectivity index (χ1) is 5.20. The van der Waals surface area contributed by atoms with Crippen molar-refractivity contribution in [2.45, 2.75) is 6.54 Å². The molecule has 2 rings (SSSR count). The van der Waals surface area contributed by atoms with Crippen LogP contribution < -0.4 is 4.90 Å². The van der Waals surface area contributed by atoms with Crippen LogP contribution >= 0.6 is 15.9 Å². The highest BCUT2D eigenvalue weighted by atomic mass is 79.9. The van der Waals surface area contributed by atoms with E-state index in [1.54, 1.807) is 18.1 Å². The maximum Gasteiger partial charge on any atom is 0.249 e. The van der Waals surface area contributed by atoms with Gasteiger partial charge in [-0.25, -0.2) is 4.98 Å². The number of carbonyl (C=O) groups excluding carboxylic acids is 1. The van der Waals surface area contributed by atoms with Gasteiger partial charge in [0.25, 0.3) is 0 Å². The van der Waals surface area contributed by atoms with Crippen molar-refractivity contribution in [1.82, 2.24) is 9.55 Å². The Bertz CT molecular complexity index is 320. The van der Waals surface area contributed by atoms with E-state index in [0.29, 0.717) is 12.5 Å². The summed E-state index contributed by atoms with van der Waals surface area (Å²) in [5.74, 6) is 0.788. The van der Waals surface area contributed by atoms with Gasteiger partial charge in [-0.1, -0.05) is 0 Å². The molecule has 1 aliphatic rings. The van der Waals surface area contributed by atoms with Crippen LogP contribution in [0.15, 0.2) is 10.8 Å². The monoisotopic (exact) mass is 215 g/mol. The maximum atomic E-state index is 11.1. The summed E-state index contributed by atoms with van der Waals surface area (Å²) in [6.45, 7) is 0.395. The first kappa shape index (κ1) is 6.84. The van der Waals surface area contributed by atoms with E-state index in [1.807, 2.05) is 4.57 Å². The number of halogens is 1. The van der Waals surface area contributed by atoms with Crippen LogP contribution in [0.3, 0.4) is 0 Å². The van der Waals surface area contributed by atoms with Crippen LogP contribution in [0.5, 0.6) is 0 Å². The summed E-state index contributed by atoms with van der Waals surface area (Å²) in [6.07, 6.45) is 1.69. The summed E-state index contributed by atoms with van der Waals surface area (Å²) in [5, 5.41) is 0.